The summed E-state index contributed by atoms with van der Waals surface area (Å²) in [6, 6.07) is 15.5. The summed E-state index contributed by atoms with van der Waals surface area (Å²) < 4.78 is 5.64. The van der Waals surface area contributed by atoms with Gasteiger partial charge in [0.25, 0.3) is 0 Å². The van der Waals surface area contributed by atoms with Gasteiger partial charge in [-0.3, -0.25) is 9.59 Å². The first-order valence-corrected chi connectivity index (χ1v) is 12.0. The molecule has 2 N–H and O–H groups in total. The van der Waals surface area contributed by atoms with Gasteiger partial charge in [-0.05, 0) is 41.5 Å². The number of nitrogens with one attached hydrogen (secondary N) is 1. The number of ether oxygens (including phenoxy) is 1. The zero-order valence-corrected chi connectivity index (χ0v) is 20.1. The summed E-state index contributed by atoms with van der Waals surface area (Å²) in [5.74, 6) is -1.25. The van der Waals surface area contributed by atoms with Crippen LogP contribution in [0.15, 0.2) is 48.5 Å². The molecule has 3 rings (SSSR count). The highest BCUT2D eigenvalue weighted by atomic mass is 16.5. The predicted molar refractivity (Wildman–Crippen MR) is 131 cm³/mol. The van der Waals surface area contributed by atoms with Gasteiger partial charge in [0.1, 0.15) is 12.6 Å². The molecular formula is C27H34N2O5. The zero-order valence-electron chi connectivity index (χ0n) is 20.1. The molecule has 34 heavy (non-hydrogen) atoms. The number of nitrogens with zero attached hydrogens (tertiary/aromatic N) is 1. The monoisotopic (exact) mass is 466 g/mol. The van der Waals surface area contributed by atoms with E-state index in [1.165, 1.54) is 0 Å². The number of hydrogen-bond acceptors (Lipinski definition) is 4. The fourth-order valence-electron chi connectivity index (χ4n) is 4.49. The van der Waals surface area contributed by atoms with Crippen LogP contribution >= 0.6 is 0 Å². The Bertz CT molecular complexity index is 976. The molecule has 0 aliphatic heterocycles. The van der Waals surface area contributed by atoms with Crippen molar-refractivity contribution in [1.29, 1.82) is 0 Å². The Morgan fingerprint density at radius 1 is 1.03 bits per heavy atom. The first-order valence-electron chi connectivity index (χ1n) is 12.0. The van der Waals surface area contributed by atoms with Crippen molar-refractivity contribution < 1.29 is 24.2 Å². The summed E-state index contributed by atoms with van der Waals surface area (Å²) in [6.07, 6.45) is 0.444. The van der Waals surface area contributed by atoms with Crippen molar-refractivity contribution in [3.63, 3.8) is 0 Å². The number of amides is 2. The van der Waals surface area contributed by atoms with Gasteiger partial charge in [0.2, 0.25) is 5.91 Å². The van der Waals surface area contributed by atoms with Crippen LogP contribution in [0.5, 0.6) is 0 Å². The van der Waals surface area contributed by atoms with E-state index in [2.05, 4.69) is 29.6 Å². The van der Waals surface area contributed by atoms with E-state index < -0.39 is 18.1 Å². The number of carboxylic acids is 1. The van der Waals surface area contributed by atoms with Crippen molar-refractivity contribution in [2.24, 2.45) is 5.92 Å². The fraction of sp³-hybridized carbons (Fsp3) is 0.444. The van der Waals surface area contributed by atoms with Crippen LogP contribution in [0.3, 0.4) is 0 Å². The minimum Gasteiger partial charge on any atom is -0.481 e. The van der Waals surface area contributed by atoms with E-state index in [-0.39, 0.29) is 30.8 Å². The van der Waals surface area contributed by atoms with E-state index >= 15 is 0 Å². The fourth-order valence-corrected chi connectivity index (χ4v) is 4.49. The van der Waals surface area contributed by atoms with Crippen molar-refractivity contribution >= 4 is 18.0 Å². The topological polar surface area (TPSA) is 95.9 Å². The number of carboxylic acid groups (broad SMARTS) is 1. The molecule has 0 saturated heterocycles. The van der Waals surface area contributed by atoms with Crippen LogP contribution in [0.4, 0.5) is 4.79 Å². The molecule has 2 aromatic rings. The number of carbonyl (C=O) groups excluding carboxylic acids is 2. The first kappa shape index (κ1) is 25.3. The largest absolute Gasteiger partial charge is 0.481 e. The molecule has 0 aromatic heterocycles. The van der Waals surface area contributed by atoms with Crippen LogP contribution in [0, 0.1) is 5.92 Å². The van der Waals surface area contributed by atoms with Crippen LogP contribution in [0.1, 0.15) is 57.1 Å². The van der Waals surface area contributed by atoms with Gasteiger partial charge >= 0.3 is 12.1 Å². The molecule has 1 aliphatic rings. The second-order valence-electron chi connectivity index (χ2n) is 8.75. The van der Waals surface area contributed by atoms with E-state index in [1.807, 2.05) is 45.0 Å². The van der Waals surface area contributed by atoms with Gasteiger partial charge < -0.3 is 20.1 Å². The molecule has 0 heterocycles. The van der Waals surface area contributed by atoms with Crippen molar-refractivity contribution in [3.05, 3.63) is 59.7 Å². The second-order valence-corrected chi connectivity index (χ2v) is 8.75. The third-order valence-corrected chi connectivity index (χ3v) is 6.61. The Hall–Kier alpha value is -3.35. The smallest absolute Gasteiger partial charge is 0.407 e. The molecular weight excluding hydrogens is 432 g/mol. The maximum atomic E-state index is 13.2. The standard InChI is InChI=1S/C27H34N2O5/c1-4-18(3)25(26(32)29(5-2)16-10-15-24(30)31)28-27(33)34-17-23-21-13-8-6-11-19(21)20-12-7-9-14-22(20)23/h6-9,11-14,18,23,25H,4-5,10,15-17H2,1-3H3,(H,28,33)(H,30,31)/t18-,25-/m0/s1. The van der Waals surface area contributed by atoms with Crippen molar-refractivity contribution in [1.82, 2.24) is 10.2 Å². The SMILES string of the molecule is CC[C@H](C)[C@H](NC(=O)OCC1c2ccccc2-c2ccccc21)C(=O)N(CC)CCCC(=O)O. The third-order valence-electron chi connectivity index (χ3n) is 6.61. The molecule has 0 radical (unpaired) electrons. The molecule has 182 valence electrons. The van der Waals surface area contributed by atoms with E-state index in [0.717, 1.165) is 22.3 Å². The lowest BCUT2D eigenvalue weighted by molar-refractivity contribution is -0.138. The van der Waals surface area contributed by atoms with E-state index in [9.17, 15) is 14.4 Å². The first-order chi connectivity index (χ1) is 16.4. The molecule has 1 aliphatic carbocycles. The third kappa shape index (κ3) is 5.76. The van der Waals surface area contributed by atoms with Crippen LogP contribution in [0.2, 0.25) is 0 Å². The number of rotatable bonds is 11. The van der Waals surface area contributed by atoms with Crippen LogP contribution in [-0.2, 0) is 14.3 Å². The van der Waals surface area contributed by atoms with Crippen molar-refractivity contribution in [2.75, 3.05) is 19.7 Å². The number of fused-ring (bicyclic) bond motifs is 3. The highest BCUT2D eigenvalue weighted by Gasteiger charge is 2.32. The molecule has 2 atom stereocenters. The normalized spacial score (nSPS) is 14.0. The van der Waals surface area contributed by atoms with E-state index in [0.29, 0.717) is 25.9 Å². The van der Waals surface area contributed by atoms with Gasteiger partial charge in [-0.15, -0.1) is 0 Å². The second kappa shape index (κ2) is 11.7. The quantitative estimate of drug-likeness (QED) is 0.502. The number of alkyl carbamates (subject to hydrolysis) is 1. The highest BCUT2D eigenvalue weighted by Crippen LogP contribution is 2.44. The minimum atomic E-state index is -0.890. The number of likely N-dealkylation sites (N-methyl/N-ethyl adjacent to an activating group) is 1. The maximum absolute atomic E-state index is 13.2. The Labute approximate surface area is 201 Å². The van der Waals surface area contributed by atoms with Gasteiger partial charge in [0.15, 0.2) is 0 Å². The Morgan fingerprint density at radius 3 is 2.15 bits per heavy atom. The molecule has 0 unspecified atom stereocenters. The minimum absolute atomic E-state index is 0.00240. The molecule has 2 aromatic carbocycles. The van der Waals surface area contributed by atoms with E-state index in [1.54, 1.807) is 4.90 Å². The van der Waals surface area contributed by atoms with E-state index in [4.69, 9.17) is 9.84 Å². The summed E-state index contributed by atoms with van der Waals surface area (Å²) in [7, 11) is 0. The van der Waals surface area contributed by atoms with Gasteiger partial charge in [-0.2, -0.15) is 0 Å². The molecule has 7 heteroatoms. The summed E-state index contributed by atoms with van der Waals surface area (Å²) in [5, 5.41) is 11.7. The van der Waals surface area contributed by atoms with Gasteiger partial charge in [-0.1, -0.05) is 68.8 Å². The van der Waals surface area contributed by atoms with Gasteiger partial charge in [0, 0.05) is 25.4 Å². The predicted octanol–water partition coefficient (Wildman–Crippen LogP) is 4.65. The molecule has 0 bridgehead atoms. The zero-order chi connectivity index (χ0) is 24.7. The Balaban J connectivity index is 1.66. The summed E-state index contributed by atoms with van der Waals surface area (Å²) in [4.78, 5) is 38.4. The number of hydrogen-bond donors (Lipinski definition) is 2. The lowest BCUT2D eigenvalue weighted by atomic mass is 9.97. The average Bonchev–Trinajstić information content (AvgIpc) is 3.16. The molecule has 7 nitrogen and oxygen atoms in total. The highest BCUT2D eigenvalue weighted by molar-refractivity contribution is 5.86. The van der Waals surface area contributed by atoms with Crippen LogP contribution < -0.4 is 5.32 Å². The summed E-state index contributed by atoms with van der Waals surface area (Å²) in [6.45, 7) is 6.68. The van der Waals surface area contributed by atoms with Gasteiger partial charge in [-0.25, -0.2) is 4.79 Å². The van der Waals surface area contributed by atoms with Crippen molar-refractivity contribution in [2.45, 2.75) is 52.0 Å². The molecule has 0 spiro atoms. The van der Waals surface area contributed by atoms with Crippen LogP contribution in [-0.4, -0.2) is 53.7 Å². The number of carbonyl (C=O) groups is 3. The molecule has 0 saturated carbocycles. The average molecular weight is 467 g/mol. The van der Waals surface area contributed by atoms with Gasteiger partial charge in [0.05, 0.1) is 0 Å². The van der Waals surface area contributed by atoms with Crippen molar-refractivity contribution in [3.8, 4) is 11.1 Å². The summed E-state index contributed by atoms with van der Waals surface area (Å²) in [5.41, 5.74) is 4.56. The maximum Gasteiger partial charge on any atom is 0.407 e. The molecule has 2 amide bonds. The van der Waals surface area contributed by atoms with Crippen LogP contribution in [0.25, 0.3) is 11.1 Å². The lowest BCUT2D eigenvalue weighted by Gasteiger charge is -2.30. The number of aliphatic carboxylic acids is 1. The Morgan fingerprint density at radius 2 is 1.62 bits per heavy atom. The number of benzene rings is 2. The molecule has 0 fully saturated rings. The summed E-state index contributed by atoms with van der Waals surface area (Å²) >= 11 is 0. The lowest BCUT2D eigenvalue weighted by Crippen LogP contribution is -2.52. The Kier molecular flexibility index (Phi) is 8.68.